The molecule has 0 spiro atoms. The number of aromatic amines is 1. The van der Waals surface area contributed by atoms with Gasteiger partial charge >= 0.3 is 0 Å². The van der Waals surface area contributed by atoms with Crippen LogP contribution in [0.5, 0.6) is 5.75 Å². The van der Waals surface area contributed by atoms with Gasteiger partial charge in [-0.15, -0.1) is 0 Å². The maximum Gasteiger partial charge on any atom is 0.119 e. The molecule has 1 aliphatic carbocycles. The molecule has 2 aliphatic rings. The molecule has 1 aromatic carbocycles. The molecule has 3 atom stereocenters. The van der Waals surface area contributed by atoms with E-state index in [2.05, 4.69) is 28.9 Å². The predicted molar refractivity (Wildman–Crippen MR) is 103 cm³/mol. The number of fused-ring (bicyclic) bond motifs is 2. The SMILES string of the molecule is COc1ccc2[nH]c(CN3CC[C@]4(OC)CC[C@H](OC)C[C@H]34)c(C)c2c1. The lowest BCUT2D eigenvalue weighted by atomic mass is 9.79. The Labute approximate surface area is 155 Å². The number of likely N-dealkylation sites (tertiary alicyclic amines) is 1. The molecule has 2 aromatic rings. The zero-order valence-electron chi connectivity index (χ0n) is 16.3. The molecule has 1 aliphatic heterocycles. The molecule has 4 rings (SSSR count). The summed E-state index contributed by atoms with van der Waals surface area (Å²) < 4.78 is 17.1. The molecule has 0 bridgehead atoms. The normalized spacial score (nSPS) is 29.2. The summed E-state index contributed by atoms with van der Waals surface area (Å²) in [5.74, 6) is 0.904. The Kier molecular flexibility index (Phi) is 4.71. The van der Waals surface area contributed by atoms with E-state index in [1.165, 1.54) is 22.2 Å². The molecule has 1 aromatic heterocycles. The predicted octanol–water partition coefficient (Wildman–Crippen LogP) is 3.64. The van der Waals surface area contributed by atoms with Crippen LogP contribution in [-0.2, 0) is 16.0 Å². The van der Waals surface area contributed by atoms with Crippen molar-refractivity contribution in [1.29, 1.82) is 0 Å². The zero-order chi connectivity index (χ0) is 18.3. The van der Waals surface area contributed by atoms with Crippen LogP contribution < -0.4 is 4.74 Å². The van der Waals surface area contributed by atoms with E-state index in [0.29, 0.717) is 12.1 Å². The average Bonchev–Trinajstić information content (AvgIpc) is 3.20. The van der Waals surface area contributed by atoms with Crippen LogP contribution in [0.1, 0.15) is 36.9 Å². The van der Waals surface area contributed by atoms with Crippen molar-refractivity contribution >= 4 is 10.9 Å². The quantitative estimate of drug-likeness (QED) is 0.886. The molecule has 2 fully saturated rings. The van der Waals surface area contributed by atoms with Gasteiger partial charge in [0.25, 0.3) is 0 Å². The van der Waals surface area contributed by atoms with Gasteiger partial charge in [-0.1, -0.05) is 0 Å². The Morgan fingerprint density at radius 1 is 1.23 bits per heavy atom. The Hall–Kier alpha value is -1.56. The highest BCUT2D eigenvalue weighted by Crippen LogP contribution is 2.43. The summed E-state index contributed by atoms with van der Waals surface area (Å²) in [6.45, 7) is 4.20. The minimum Gasteiger partial charge on any atom is -0.497 e. The number of aromatic nitrogens is 1. The minimum atomic E-state index is -0.00182. The summed E-state index contributed by atoms with van der Waals surface area (Å²) in [6, 6.07) is 6.66. The van der Waals surface area contributed by atoms with E-state index in [1.54, 1.807) is 7.11 Å². The summed E-state index contributed by atoms with van der Waals surface area (Å²) in [4.78, 5) is 6.21. The van der Waals surface area contributed by atoms with Crippen molar-refractivity contribution in [3.8, 4) is 5.75 Å². The van der Waals surface area contributed by atoms with Gasteiger partial charge in [-0.25, -0.2) is 0 Å². The van der Waals surface area contributed by atoms with Crippen molar-refractivity contribution in [2.75, 3.05) is 27.9 Å². The van der Waals surface area contributed by atoms with Crippen molar-refractivity contribution in [3.63, 3.8) is 0 Å². The van der Waals surface area contributed by atoms with Crippen LogP contribution in [0.2, 0.25) is 0 Å². The monoisotopic (exact) mass is 358 g/mol. The molecular formula is C21H30N2O3. The minimum absolute atomic E-state index is 0.00182. The van der Waals surface area contributed by atoms with E-state index < -0.39 is 0 Å². The summed E-state index contributed by atoms with van der Waals surface area (Å²) in [6.07, 6.45) is 4.69. The van der Waals surface area contributed by atoms with Crippen molar-refractivity contribution in [1.82, 2.24) is 9.88 Å². The van der Waals surface area contributed by atoms with Crippen LogP contribution in [0, 0.1) is 6.92 Å². The molecule has 2 heterocycles. The van der Waals surface area contributed by atoms with Crippen molar-refractivity contribution in [2.45, 2.75) is 56.9 Å². The smallest absolute Gasteiger partial charge is 0.119 e. The van der Waals surface area contributed by atoms with Crippen LogP contribution in [0.25, 0.3) is 10.9 Å². The molecular weight excluding hydrogens is 328 g/mol. The lowest BCUT2D eigenvalue weighted by Gasteiger charge is -2.43. The maximum atomic E-state index is 6.06. The van der Waals surface area contributed by atoms with Gasteiger partial charge in [0.15, 0.2) is 0 Å². The van der Waals surface area contributed by atoms with E-state index in [-0.39, 0.29) is 5.60 Å². The number of nitrogens with zero attached hydrogens (tertiary/aromatic N) is 1. The third-order valence-corrected chi connectivity index (χ3v) is 6.72. The van der Waals surface area contributed by atoms with E-state index in [1.807, 2.05) is 20.3 Å². The molecule has 142 valence electrons. The standard InChI is InChI=1S/C21H30N2O3/c1-14-17-11-15(24-2)5-6-18(17)22-19(14)13-23-10-9-21(26-4)8-7-16(25-3)12-20(21)23/h5-6,11,16,20,22H,7-10,12-13H2,1-4H3/t16-,20-,21+/m0/s1. The second-order valence-corrected chi connectivity index (χ2v) is 7.78. The fourth-order valence-electron chi connectivity index (χ4n) is 5.01. The third kappa shape index (κ3) is 2.82. The third-order valence-electron chi connectivity index (χ3n) is 6.72. The van der Waals surface area contributed by atoms with Crippen LogP contribution in [0.15, 0.2) is 18.2 Å². The van der Waals surface area contributed by atoms with Crippen molar-refractivity contribution < 1.29 is 14.2 Å². The Balaban J connectivity index is 1.60. The summed E-state index contributed by atoms with van der Waals surface area (Å²) in [5.41, 5.74) is 3.78. The van der Waals surface area contributed by atoms with Crippen LogP contribution in [0.3, 0.4) is 0 Å². The second kappa shape index (κ2) is 6.87. The first-order chi connectivity index (χ1) is 12.6. The molecule has 1 saturated carbocycles. The second-order valence-electron chi connectivity index (χ2n) is 7.78. The van der Waals surface area contributed by atoms with Gasteiger partial charge in [-0.3, -0.25) is 4.90 Å². The van der Waals surface area contributed by atoms with Crippen molar-refractivity contribution in [3.05, 3.63) is 29.5 Å². The van der Waals surface area contributed by atoms with Crippen LogP contribution in [0.4, 0.5) is 0 Å². The first-order valence-corrected chi connectivity index (χ1v) is 9.57. The highest BCUT2D eigenvalue weighted by molar-refractivity contribution is 5.85. The van der Waals surface area contributed by atoms with Gasteiger partial charge in [0.1, 0.15) is 5.75 Å². The summed E-state index contributed by atoms with van der Waals surface area (Å²) >= 11 is 0. The Bertz CT molecular complexity index is 787. The van der Waals surface area contributed by atoms with E-state index >= 15 is 0 Å². The highest BCUT2D eigenvalue weighted by atomic mass is 16.5. The zero-order valence-corrected chi connectivity index (χ0v) is 16.3. The first-order valence-electron chi connectivity index (χ1n) is 9.57. The number of nitrogens with one attached hydrogen (secondary N) is 1. The largest absolute Gasteiger partial charge is 0.497 e. The highest BCUT2D eigenvalue weighted by Gasteiger charge is 2.51. The fraction of sp³-hybridized carbons (Fsp3) is 0.619. The number of benzene rings is 1. The molecule has 0 unspecified atom stereocenters. The lowest BCUT2D eigenvalue weighted by Crippen LogP contribution is -2.51. The molecule has 1 N–H and O–H groups in total. The molecule has 5 heteroatoms. The van der Waals surface area contributed by atoms with Crippen LogP contribution >= 0.6 is 0 Å². The summed E-state index contributed by atoms with van der Waals surface area (Å²) in [5, 5.41) is 1.25. The lowest BCUT2D eigenvalue weighted by molar-refractivity contribution is -0.0948. The van der Waals surface area contributed by atoms with Gasteiger partial charge in [0, 0.05) is 49.9 Å². The van der Waals surface area contributed by atoms with Gasteiger partial charge in [0.05, 0.1) is 18.8 Å². The number of methoxy groups -OCH3 is 3. The molecule has 0 radical (unpaired) electrons. The fourth-order valence-corrected chi connectivity index (χ4v) is 5.01. The number of ether oxygens (including phenoxy) is 3. The van der Waals surface area contributed by atoms with E-state index in [9.17, 15) is 0 Å². The molecule has 5 nitrogen and oxygen atoms in total. The number of rotatable bonds is 5. The van der Waals surface area contributed by atoms with Crippen LogP contribution in [-0.4, -0.2) is 55.5 Å². The van der Waals surface area contributed by atoms with Gasteiger partial charge in [-0.2, -0.15) is 0 Å². The van der Waals surface area contributed by atoms with Gasteiger partial charge in [-0.05, 0) is 56.4 Å². The summed E-state index contributed by atoms with van der Waals surface area (Å²) in [7, 11) is 5.43. The van der Waals surface area contributed by atoms with Crippen molar-refractivity contribution in [2.24, 2.45) is 0 Å². The molecule has 0 amide bonds. The molecule has 1 saturated heterocycles. The number of aryl methyl sites for hydroxylation is 1. The number of hydrogen-bond acceptors (Lipinski definition) is 4. The topological polar surface area (TPSA) is 46.7 Å². The van der Waals surface area contributed by atoms with E-state index in [4.69, 9.17) is 14.2 Å². The van der Waals surface area contributed by atoms with Gasteiger partial charge in [0.2, 0.25) is 0 Å². The number of H-pyrrole nitrogens is 1. The van der Waals surface area contributed by atoms with E-state index in [0.717, 1.165) is 44.5 Å². The molecule has 26 heavy (non-hydrogen) atoms. The van der Waals surface area contributed by atoms with Gasteiger partial charge < -0.3 is 19.2 Å². The maximum absolute atomic E-state index is 6.06. The average molecular weight is 358 g/mol. The number of hydrogen-bond donors (Lipinski definition) is 1. The first kappa shape index (κ1) is 17.8. The Morgan fingerprint density at radius 3 is 2.81 bits per heavy atom. The Morgan fingerprint density at radius 2 is 2.08 bits per heavy atom.